The highest BCUT2D eigenvalue weighted by atomic mass is 16.2. The van der Waals surface area contributed by atoms with E-state index in [2.05, 4.69) is 44.8 Å². The molecule has 1 fully saturated rings. The SMILES string of the molecule is CCCC1NC(CC)N(C(C)C(C)CC)C1=O. The minimum atomic E-state index is 0.0523. The highest BCUT2D eigenvalue weighted by Gasteiger charge is 2.40. The lowest BCUT2D eigenvalue weighted by molar-refractivity contribution is -0.133. The van der Waals surface area contributed by atoms with E-state index in [1.165, 1.54) is 0 Å². The molecule has 3 heteroatoms. The van der Waals surface area contributed by atoms with Gasteiger partial charge in [-0.1, -0.05) is 40.5 Å². The van der Waals surface area contributed by atoms with Crippen molar-refractivity contribution in [1.29, 1.82) is 0 Å². The molecule has 0 spiro atoms. The molecule has 3 nitrogen and oxygen atoms in total. The van der Waals surface area contributed by atoms with Crippen molar-refractivity contribution in [1.82, 2.24) is 10.2 Å². The lowest BCUT2D eigenvalue weighted by atomic mass is 9.98. The molecular formula is C14H28N2O. The Balaban J connectivity index is 2.77. The van der Waals surface area contributed by atoms with E-state index in [1.807, 2.05) is 0 Å². The zero-order valence-corrected chi connectivity index (χ0v) is 12.0. The third kappa shape index (κ3) is 3.01. The Morgan fingerprint density at radius 1 is 1.29 bits per heavy atom. The first-order valence-electron chi connectivity index (χ1n) is 7.14. The maximum atomic E-state index is 12.4. The standard InChI is InChI=1S/C14H28N2O/c1-6-9-12-14(17)16(13(8-3)15-12)11(5)10(4)7-2/h10-13,15H,6-9H2,1-5H3. The fourth-order valence-electron chi connectivity index (χ4n) is 2.63. The summed E-state index contributed by atoms with van der Waals surface area (Å²) in [6, 6.07) is 0.392. The molecular weight excluding hydrogens is 212 g/mol. The van der Waals surface area contributed by atoms with E-state index >= 15 is 0 Å². The lowest BCUT2D eigenvalue weighted by Gasteiger charge is -2.33. The first-order chi connectivity index (χ1) is 8.06. The predicted molar refractivity (Wildman–Crippen MR) is 71.7 cm³/mol. The van der Waals surface area contributed by atoms with Crippen LogP contribution in [0, 0.1) is 5.92 Å². The van der Waals surface area contributed by atoms with Gasteiger partial charge in [0.05, 0.1) is 12.2 Å². The number of hydrogen-bond donors (Lipinski definition) is 1. The topological polar surface area (TPSA) is 32.3 Å². The molecule has 1 heterocycles. The summed E-state index contributed by atoms with van der Waals surface area (Å²) >= 11 is 0. The van der Waals surface area contributed by atoms with Crippen LogP contribution in [-0.2, 0) is 4.79 Å². The second kappa shape index (κ2) is 6.39. The van der Waals surface area contributed by atoms with Crippen molar-refractivity contribution >= 4 is 5.91 Å². The van der Waals surface area contributed by atoms with Gasteiger partial charge in [-0.05, 0) is 25.7 Å². The second-order valence-electron chi connectivity index (χ2n) is 5.30. The molecule has 4 unspecified atom stereocenters. The average Bonchev–Trinajstić information content (AvgIpc) is 2.65. The minimum absolute atomic E-state index is 0.0523. The van der Waals surface area contributed by atoms with E-state index in [1.54, 1.807) is 0 Å². The summed E-state index contributed by atoms with van der Waals surface area (Å²) in [5.74, 6) is 0.877. The molecule has 4 atom stereocenters. The highest BCUT2D eigenvalue weighted by Crippen LogP contribution is 2.24. The number of amides is 1. The van der Waals surface area contributed by atoms with Crippen LogP contribution < -0.4 is 5.32 Å². The smallest absolute Gasteiger partial charge is 0.241 e. The van der Waals surface area contributed by atoms with Gasteiger partial charge in [-0.2, -0.15) is 0 Å². The van der Waals surface area contributed by atoms with Gasteiger partial charge < -0.3 is 4.90 Å². The summed E-state index contributed by atoms with van der Waals surface area (Å²) < 4.78 is 0. The number of nitrogens with zero attached hydrogens (tertiary/aromatic N) is 1. The van der Waals surface area contributed by atoms with Crippen LogP contribution in [-0.4, -0.2) is 29.1 Å². The molecule has 1 aliphatic heterocycles. The van der Waals surface area contributed by atoms with Gasteiger partial charge in [0.1, 0.15) is 0 Å². The Labute approximate surface area is 106 Å². The highest BCUT2D eigenvalue weighted by molar-refractivity contribution is 5.84. The van der Waals surface area contributed by atoms with Crippen molar-refractivity contribution in [2.75, 3.05) is 0 Å². The van der Waals surface area contributed by atoms with Crippen LogP contribution in [0.15, 0.2) is 0 Å². The van der Waals surface area contributed by atoms with Crippen LogP contribution in [0.5, 0.6) is 0 Å². The van der Waals surface area contributed by atoms with Crippen molar-refractivity contribution in [3.05, 3.63) is 0 Å². The van der Waals surface area contributed by atoms with Crippen LogP contribution in [0.25, 0.3) is 0 Å². The van der Waals surface area contributed by atoms with Crippen LogP contribution in [0.1, 0.15) is 60.3 Å². The third-order valence-corrected chi connectivity index (χ3v) is 4.15. The Morgan fingerprint density at radius 2 is 1.94 bits per heavy atom. The zero-order valence-electron chi connectivity index (χ0n) is 12.0. The molecule has 1 N–H and O–H groups in total. The Bertz CT molecular complexity index is 255. The molecule has 0 bridgehead atoms. The summed E-state index contributed by atoms with van der Waals surface area (Å²) in [6.45, 7) is 10.9. The Hall–Kier alpha value is -0.570. The molecule has 0 aromatic rings. The number of carbonyl (C=O) groups excluding carboxylic acids is 1. The van der Waals surface area contributed by atoms with Gasteiger partial charge in [-0.15, -0.1) is 0 Å². The molecule has 1 amide bonds. The van der Waals surface area contributed by atoms with Gasteiger partial charge in [0.25, 0.3) is 0 Å². The predicted octanol–water partition coefficient (Wildman–Crippen LogP) is 2.76. The van der Waals surface area contributed by atoms with Gasteiger partial charge in [0, 0.05) is 6.04 Å². The molecule has 0 saturated carbocycles. The zero-order chi connectivity index (χ0) is 13.0. The van der Waals surface area contributed by atoms with E-state index < -0.39 is 0 Å². The normalized spacial score (nSPS) is 28.5. The second-order valence-corrected chi connectivity index (χ2v) is 5.30. The first kappa shape index (κ1) is 14.5. The van der Waals surface area contributed by atoms with Gasteiger partial charge >= 0.3 is 0 Å². The largest absolute Gasteiger partial charge is 0.323 e. The lowest BCUT2D eigenvalue weighted by Crippen LogP contribution is -2.45. The summed E-state index contributed by atoms with van der Waals surface area (Å²) in [5.41, 5.74) is 0. The van der Waals surface area contributed by atoms with Gasteiger partial charge in [-0.3, -0.25) is 10.1 Å². The molecule has 0 radical (unpaired) electrons. The summed E-state index contributed by atoms with van der Waals surface area (Å²) in [4.78, 5) is 14.5. The van der Waals surface area contributed by atoms with E-state index in [9.17, 15) is 4.79 Å². The number of rotatable bonds is 6. The van der Waals surface area contributed by atoms with Crippen LogP contribution in [0.4, 0.5) is 0 Å². The van der Waals surface area contributed by atoms with Gasteiger partial charge in [0.15, 0.2) is 0 Å². The molecule has 17 heavy (non-hydrogen) atoms. The van der Waals surface area contributed by atoms with Crippen LogP contribution in [0.3, 0.4) is 0 Å². The molecule has 1 saturated heterocycles. The molecule has 1 aliphatic rings. The van der Waals surface area contributed by atoms with Crippen molar-refractivity contribution in [2.24, 2.45) is 5.92 Å². The fraction of sp³-hybridized carbons (Fsp3) is 0.929. The van der Waals surface area contributed by atoms with Gasteiger partial charge in [-0.25, -0.2) is 0 Å². The van der Waals surface area contributed by atoms with Crippen LogP contribution >= 0.6 is 0 Å². The quantitative estimate of drug-likeness (QED) is 0.774. The average molecular weight is 240 g/mol. The van der Waals surface area contributed by atoms with E-state index in [4.69, 9.17) is 0 Å². The monoisotopic (exact) mass is 240 g/mol. The molecule has 100 valence electrons. The van der Waals surface area contributed by atoms with E-state index in [-0.39, 0.29) is 12.2 Å². The van der Waals surface area contributed by atoms with E-state index in [0.717, 1.165) is 25.7 Å². The molecule has 1 rings (SSSR count). The third-order valence-electron chi connectivity index (χ3n) is 4.15. The molecule has 0 aromatic heterocycles. The fourth-order valence-corrected chi connectivity index (χ4v) is 2.63. The molecule has 0 aromatic carbocycles. The summed E-state index contributed by atoms with van der Waals surface area (Å²) in [6.07, 6.45) is 4.37. The van der Waals surface area contributed by atoms with Crippen molar-refractivity contribution in [3.8, 4) is 0 Å². The maximum Gasteiger partial charge on any atom is 0.241 e. The van der Waals surface area contributed by atoms with E-state index in [0.29, 0.717) is 17.9 Å². The summed E-state index contributed by atoms with van der Waals surface area (Å²) in [5, 5.41) is 3.48. The molecule has 0 aliphatic carbocycles. The first-order valence-corrected chi connectivity index (χ1v) is 7.14. The van der Waals surface area contributed by atoms with Crippen molar-refractivity contribution in [2.45, 2.75) is 78.6 Å². The number of nitrogens with one attached hydrogen (secondary N) is 1. The van der Waals surface area contributed by atoms with Crippen molar-refractivity contribution in [3.63, 3.8) is 0 Å². The maximum absolute atomic E-state index is 12.4. The van der Waals surface area contributed by atoms with Crippen molar-refractivity contribution < 1.29 is 4.79 Å². The number of hydrogen-bond acceptors (Lipinski definition) is 2. The summed E-state index contributed by atoms with van der Waals surface area (Å²) in [7, 11) is 0. The minimum Gasteiger partial charge on any atom is -0.323 e. The Kier molecular flexibility index (Phi) is 5.44. The number of carbonyl (C=O) groups is 1. The Morgan fingerprint density at radius 3 is 2.41 bits per heavy atom. The van der Waals surface area contributed by atoms with Gasteiger partial charge in [0.2, 0.25) is 5.91 Å². The van der Waals surface area contributed by atoms with Crippen LogP contribution in [0.2, 0.25) is 0 Å².